The Morgan fingerprint density at radius 1 is 1.11 bits per heavy atom. The molecule has 0 fully saturated rings. The summed E-state index contributed by atoms with van der Waals surface area (Å²) in [4.78, 5) is 35.0. The molecule has 176 valence electrons. The lowest BCUT2D eigenvalue weighted by Gasteiger charge is -2.16. The van der Waals surface area contributed by atoms with Gasteiger partial charge in [0, 0.05) is 36.4 Å². The molecule has 0 saturated carbocycles. The fourth-order valence-electron chi connectivity index (χ4n) is 3.74. The zero-order valence-electron chi connectivity index (χ0n) is 19.7. The van der Waals surface area contributed by atoms with Crippen LogP contribution >= 0.6 is 11.8 Å². The summed E-state index contributed by atoms with van der Waals surface area (Å²) in [5, 5.41) is 14.4. The van der Waals surface area contributed by atoms with Crippen molar-refractivity contribution in [2.75, 3.05) is 24.3 Å². The van der Waals surface area contributed by atoms with Crippen LogP contribution in [-0.4, -0.2) is 35.2 Å². The van der Waals surface area contributed by atoms with Crippen LogP contribution in [0.25, 0.3) is 22.0 Å². The average Bonchev–Trinajstić information content (AvgIpc) is 2.87. The predicted octanol–water partition coefficient (Wildman–Crippen LogP) is 5.04. The Balaban J connectivity index is 1.62. The fraction of sp³-hybridized carbons (Fsp3) is 0.185. The van der Waals surface area contributed by atoms with E-state index in [1.807, 2.05) is 98.7 Å². The first kappa shape index (κ1) is 24.0. The maximum absolute atomic E-state index is 13.1. The van der Waals surface area contributed by atoms with Crippen LogP contribution < -0.4 is 15.8 Å². The van der Waals surface area contributed by atoms with Gasteiger partial charge in [-0.25, -0.2) is 4.98 Å². The molecule has 0 spiro atoms. The van der Waals surface area contributed by atoms with Crippen molar-refractivity contribution in [3.63, 3.8) is 0 Å². The van der Waals surface area contributed by atoms with E-state index in [0.717, 1.165) is 22.1 Å². The molecule has 1 heterocycles. The van der Waals surface area contributed by atoms with Gasteiger partial charge in [-0.15, -0.1) is 0 Å². The maximum Gasteiger partial charge on any atom is 0.270 e. The van der Waals surface area contributed by atoms with Crippen molar-refractivity contribution in [2.24, 2.45) is 0 Å². The number of nitriles is 1. The molecular weight excluding hydrogens is 458 g/mol. The summed E-state index contributed by atoms with van der Waals surface area (Å²) in [7, 11) is 3.87. The highest BCUT2D eigenvalue weighted by Crippen LogP contribution is 2.29. The molecule has 0 radical (unpaired) electrons. The maximum atomic E-state index is 13.1. The van der Waals surface area contributed by atoms with E-state index in [-0.39, 0.29) is 11.5 Å². The molecular formula is C27H25N5O2S. The minimum atomic E-state index is -0.527. The van der Waals surface area contributed by atoms with E-state index >= 15 is 0 Å². The number of H-pyrrole nitrogens is 1. The van der Waals surface area contributed by atoms with Crippen molar-refractivity contribution >= 4 is 39.8 Å². The van der Waals surface area contributed by atoms with E-state index in [4.69, 9.17) is 0 Å². The van der Waals surface area contributed by atoms with Crippen molar-refractivity contribution < 1.29 is 4.79 Å². The standard InChI is InChI=1S/C27H25N5O2S/c1-4-23(26(34)29-22-11-7-9-17-8-5-6-10-20(17)22)35-27-30-24(21(16-28)25(33)31-27)18-12-14-19(15-13-18)32(2)3/h5-15,23H,4H2,1-3H3,(H,29,34)(H,30,31,33). The molecule has 4 rings (SSSR count). The molecule has 1 atom stereocenters. The fourth-order valence-corrected chi connectivity index (χ4v) is 4.64. The number of aromatic nitrogens is 2. The summed E-state index contributed by atoms with van der Waals surface area (Å²) < 4.78 is 0. The van der Waals surface area contributed by atoms with Crippen molar-refractivity contribution in [1.82, 2.24) is 9.97 Å². The quantitative estimate of drug-likeness (QED) is 0.282. The minimum Gasteiger partial charge on any atom is -0.378 e. The lowest BCUT2D eigenvalue weighted by Crippen LogP contribution is -2.25. The van der Waals surface area contributed by atoms with Crippen molar-refractivity contribution in [3.05, 3.63) is 82.6 Å². The number of amides is 1. The Morgan fingerprint density at radius 3 is 2.51 bits per heavy atom. The second-order valence-electron chi connectivity index (χ2n) is 8.18. The normalized spacial score (nSPS) is 11.6. The summed E-state index contributed by atoms with van der Waals surface area (Å²) in [5.74, 6) is -0.183. The SMILES string of the molecule is CCC(Sc1nc(-c2ccc(N(C)C)cc2)c(C#N)c(=O)[nH]1)C(=O)Nc1cccc2ccccc12. The summed E-state index contributed by atoms with van der Waals surface area (Å²) >= 11 is 1.18. The highest BCUT2D eigenvalue weighted by molar-refractivity contribution is 8.00. The number of carbonyl (C=O) groups excluding carboxylic acids is 1. The summed E-state index contributed by atoms with van der Waals surface area (Å²) in [5.41, 5.74) is 2.10. The van der Waals surface area contributed by atoms with Crippen LogP contribution in [0.15, 0.2) is 76.7 Å². The molecule has 1 aromatic heterocycles. The predicted molar refractivity (Wildman–Crippen MR) is 142 cm³/mol. The average molecular weight is 484 g/mol. The number of anilines is 2. The van der Waals surface area contributed by atoms with Crippen LogP contribution in [0, 0.1) is 11.3 Å². The second-order valence-corrected chi connectivity index (χ2v) is 9.37. The lowest BCUT2D eigenvalue weighted by atomic mass is 10.1. The molecule has 0 aliphatic carbocycles. The number of nitrogens with zero attached hydrogens (tertiary/aromatic N) is 3. The van der Waals surface area contributed by atoms with Crippen molar-refractivity contribution in [2.45, 2.75) is 23.8 Å². The Hall–Kier alpha value is -4.09. The molecule has 0 aliphatic heterocycles. The van der Waals surface area contributed by atoms with Gasteiger partial charge in [0.15, 0.2) is 5.16 Å². The first-order valence-corrected chi connectivity index (χ1v) is 12.1. The van der Waals surface area contributed by atoms with Gasteiger partial charge >= 0.3 is 0 Å². The van der Waals surface area contributed by atoms with E-state index in [0.29, 0.717) is 22.8 Å². The zero-order valence-corrected chi connectivity index (χ0v) is 20.5. The molecule has 35 heavy (non-hydrogen) atoms. The number of carbonyl (C=O) groups is 1. The summed E-state index contributed by atoms with van der Waals surface area (Å²) in [6, 6.07) is 23.0. The Labute approximate surface area is 207 Å². The smallest absolute Gasteiger partial charge is 0.270 e. The van der Waals surface area contributed by atoms with Crippen LogP contribution in [0.5, 0.6) is 0 Å². The highest BCUT2D eigenvalue weighted by Gasteiger charge is 2.22. The van der Waals surface area contributed by atoms with Gasteiger partial charge in [-0.1, -0.05) is 67.2 Å². The van der Waals surface area contributed by atoms with Crippen LogP contribution in [-0.2, 0) is 4.79 Å². The minimum absolute atomic E-state index is 0.0554. The van der Waals surface area contributed by atoms with Gasteiger partial charge in [0.05, 0.1) is 10.9 Å². The van der Waals surface area contributed by atoms with Gasteiger partial charge < -0.3 is 15.2 Å². The Bertz CT molecular complexity index is 1470. The molecule has 0 aliphatic rings. The van der Waals surface area contributed by atoms with Crippen LogP contribution in [0.1, 0.15) is 18.9 Å². The van der Waals surface area contributed by atoms with E-state index in [2.05, 4.69) is 15.3 Å². The number of benzene rings is 3. The third-order valence-corrected chi connectivity index (χ3v) is 6.88. The third kappa shape index (κ3) is 5.20. The number of thioether (sulfide) groups is 1. The molecule has 3 aromatic carbocycles. The second kappa shape index (κ2) is 10.5. The first-order chi connectivity index (χ1) is 16.9. The first-order valence-electron chi connectivity index (χ1n) is 11.2. The zero-order chi connectivity index (χ0) is 24.9. The molecule has 0 bridgehead atoms. The highest BCUT2D eigenvalue weighted by atomic mass is 32.2. The molecule has 4 aromatic rings. The van der Waals surface area contributed by atoms with Gasteiger partial charge in [0.1, 0.15) is 11.6 Å². The number of aromatic amines is 1. The van der Waals surface area contributed by atoms with Gasteiger partial charge in [0.2, 0.25) is 5.91 Å². The van der Waals surface area contributed by atoms with Crippen LogP contribution in [0.2, 0.25) is 0 Å². The number of rotatable bonds is 7. The van der Waals surface area contributed by atoms with Crippen molar-refractivity contribution in [1.29, 1.82) is 5.26 Å². The molecule has 1 unspecified atom stereocenters. The van der Waals surface area contributed by atoms with Gasteiger partial charge in [-0.2, -0.15) is 5.26 Å². The Morgan fingerprint density at radius 2 is 1.83 bits per heavy atom. The number of nitrogens with one attached hydrogen (secondary N) is 2. The van der Waals surface area contributed by atoms with E-state index < -0.39 is 10.8 Å². The van der Waals surface area contributed by atoms with E-state index in [1.54, 1.807) is 0 Å². The topological polar surface area (TPSA) is 102 Å². The van der Waals surface area contributed by atoms with E-state index in [1.165, 1.54) is 11.8 Å². The summed E-state index contributed by atoms with van der Waals surface area (Å²) in [6.07, 6.45) is 0.526. The van der Waals surface area contributed by atoms with Gasteiger partial charge in [-0.05, 0) is 30.0 Å². The molecule has 8 heteroatoms. The molecule has 7 nitrogen and oxygen atoms in total. The van der Waals surface area contributed by atoms with Crippen LogP contribution in [0.3, 0.4) is 0 Å². The third-order valence-electron chi connectivity index (χ3n) is 5.63. The molecule has 2 N–H and O–H groups in total. The van der Waals surface area contributed by atoms with E-state index in [9.17, 15) is 14.9 Å². The number of hydrogen-bond donors (Lipinski definition) is 2. The van der Waals surface area contributed by atoms with Gasteiger partial charge in [-0.3, -0.25) is 9.59 Å². The van der Waals surface area contributed by atoms with Gasteiger partial charge in [0.25, 0.3) is 5.56 Å². The largest absolute Gasteiger partial charge is 0.378 e. The van der Waals surface area contributed by atoms with Crippen LogP contribution in [0.4, 0.5) is 11.4 Å². The number of fused-ring (bicyclic) bond motifs is 1. The number of hydrogen-bond acceptors (Lipinski definition) is 6. The lowest BCUT2D eigenvalue weighted by molar-refractivity contribution is -0.115. The molecule has 1 amide bonds. The Kier molecular flexibility index (Phi) is 7.18. The molecule has 0 saturated heterocycles. The monoisotopic (exact) mass is 483 g/mol. The summed E-state index contributed by atoms with van der Waals surface area (Å²) in [6.45, 7) is 1.91. The van der Waals surface area contributed by atoms with Crippen molar-refractivity contribution in [3.8, 4) is 17.3 Å².